The molecular formula is C9H15N2O3+. The van der Waals surface area contributed by atoms with Gasteiger partial charge in [0.1, 0.15) is 6.54 Å². The highest BCUT2D eigenvalue weighted by atomic mass is 16.8. The number of nitrogens with two attached hydrogens (primary N) is 1. The Morgan fingerprint density at radius 2 is 2.07 bits per heavy atom. The van der Waals surface area contributed by atoms with Gasteiger partial charge >= 0.3 is 0 Å². The van der Waals surface area contributed by atoms with Crippen molar-refractivity contribution >= 4 is 11.4 Å². The summed E-state index contributed by atoms with van der Waals surface area (Å²) in [6.45, 7) is 1.75. The van der Waals surface area contributed by atoms with Crippen LogP contribution in [0.5, 0.6) is 5.75 Å². The number of hydrogen-bond donors (Lipinski definition) is 3. The van der Waals surface area contributed by atoms with Gasteiger partial charge in [0, 0.05) is 11.8 Å². The van der Waals surface area contributed by atoms with E-state index in [9.17, 15) is 10.4 Å². The number of benzene rings is 1. The molecule has 14 heavy (non-hydrogen) atoms. The minimum absolute atomic E-state index is 0.111. The number of hydroxylamine groups is 2. The predicted octanol–water partition coefficient (Wildman–Crippen LogP) is 1.38. The van der Waals surface area contributed by atoms with Gasteiger partial charge in [0.2, 0.25) is 5.69 Å². The molecule has 0 aliphatic carbocycles. The third kappa shape index (κ3) is 1.95. The van der Waals surface area contributed by atoms with Crippen molar-refractivity contribution in [2.24, 2.45) is 0 Å². The van der Waals surface area contributed by atoms with E-state index in [-0.39, 0.29) is 12.2 Å². The normalized spacial score (nSPS) is 11.4. The van der Waals surface area contributed by atoms with Crippen LogP contribution in [0.15, 0.2) is 18.2 Å². The number of ether oxygens (including phenoxy) is 1. The van der Waals surface area contributed by atoms with E-state index < -0.39 is 4.81 Å². The van der Waals surface area contributed by atoms with Crippen LogP contribution in [-0.2, 0) is 0 Å². The molecule has 0 fully saturated rings. The minimum atomic E-state index is -1.23. The summed E-state index contributed by atoms with van der Waals surface area (Å²) in [5.41, 5.74) is 6.24. The fourth-order valence-electron chi connectivity index (χ4n) is 1.16. The Hall–Kier alpha value is -1.30. The van der Waals surface area contributed by atoms with E-state index >= 15 is 0 Å². The molecule has 0 saturated carbocycles. The van der Waals surface area contributed by atoms with Crippen LogP contribution in [-0.4, -0.2) is 24.1 Å². The van der Waals surface area contributed by atoms with E-state index in [1.165, 1.54) is 13.2 Å². The molecule has 0 aliphatic rings. The van der Waals surface area contributed by atoms with Crippen LogP contribution in [0, 0.1) is 0 Å². The zero-order valence-corrected chi connectivity index (χ0v) is 8.27. The Labute approximate surface area is 82.4 Å². The van der Waals surface area contributed by atoms with E-state index in [0.29, 0.717) is 11.4 Å². The van der Waals surface area contributed by atoms with E-state index in [1.807, 2.05) is 0 Å². The number of rotatable bonds is 3. The van der Waals surface area contributed by atoms with Crippen LogP contribution in [0.1, 0.15) is 6.92 Å². The number of quaternary nitrogens is 1. The third-order valence-corrected chi connectivity index (χ3v) is 2.03. The largest absolute Gasteiger partial charge is 0.491 e. The van der Waals surface area contributed by atoms with Gasteiger partial charge in [0.15, 0.2) is 5.75 Å². The van der Waals surface area contributed by atoms with Crippen LogP contribution in [0.2, 0.25) is 0 Å². The van der Waals surface area contributed by atoms with Crippen LogP contribution >= 0.6 is 0 Å². The highest BCUT2D eigenvalue weighted by molar-refractivity contribution is 5.60. The monoisotopic (exact) mass is 199 g/mol. The first-order valence-corrected chi connectivity index (χ1v) is 4.29. The molecule has 0 bridgehead atoms. The lowest BCUT2D eigenvalue weighted by atomic mass is 10.2. The molecule has 0 atom stereocenters. The quantitative estimate of drug-likeness (QED) is 0.390. The van der Waals surface area contributed by atoms with E-state index in [2.05, 4.69) is 0 Å². The van der Waals surface area contributed by atoms with Gasteiger partial charge in [0.05, 0.1) is 7.11 Å². The Balaban J connectivity index is 3.23. The molecule has 0 unspecified atom stereocenters. The molecule has 0 aliphatic heterocycles. The maximum absolute atomic E-state index is 9.59. The van der Waals surface area contributed by atoms with Crippen LogP contribution < -0.4 is 15.3 Å². The highest BCUT2D eigenvalue weighted by Crippen LogP contribution is 2.32. The minimum Gasteiger partial charge on any atom is -0.491 e. The molecule has 1 aromatic rings. The van der Waals surface area contributed by atoms with Crippen LogP contribution in [0.4, 0.5) is 11.4 Å². The van der Waals surface area contributed by atoms with Gasteiger partial charge in [-0.15, -0.1) is 0 Å². The summed E-state index contributed by atoms with van der Waals surface area (Å²) < 4.78 is 5.00. The summed E-state index contributed by atoms with van der Waals surface area (Å²) in [7, 11) is 1.46. The molecule has 0 aromatic heterocycles. The second-order valence-corrected chi connectivity index (χ2v) is 2.98. The summed E-state index contributed by atoms with van der Waals surface area (Å²) in [6, 6.07) is 4.71. The topological polar surface area (TPSA) is 75.7 Å². The first kappa shape index (κ1) is 10.8. The third-order valence-electron chi connectivity index (χ3n) is 2.03. The molecule has 0 amide bonds. The molecule has 78 valence electrons. The number of methoxy groups -OCH3 is 1. The lowest BCUT2D eigenvalue weighted by molar-refractivity contribution is -0.288. The van der Waals surface area contributed by atoms with Crippen LogP contribution in [0.3, 0.4) is 0 Å². The van der Waals surface area contributed by atoms with Crippen molar-refractivity contribution in [2.45, 2.75) is 6.92 Å². The number of nitrogen functional groups attached to an aromatic ring is 1. The maximum Gasteiger partial charge on any atom is 0.243 e. The molecule has 0 spiro atoms. The van der Waals surface area contributed by atoms with Crippen molar-refractivity contribution in [3.05, 3.63) is 18.2 Å². The van der Waals surface area contributed by atoms with Gasteiger partial charge in [-0.05, 0) is 23.9 Å². The van der Waals surface area contributed by atoms with E-state index in [4.69, 9.17) is 10.5 Å². The SMILES string of the molecule is CC[N+](O)(O)c1cc(N)ccc1OC. The average molecular weight is 199 g/mol. The van der Waals surface area contributed by atoms with Crippen molar-refractivity contribution < 1.29 is 15.2 Å². The van der Waals surface area contributed by atoms with E-state index in [1.54, 1.807) is 19.1 Å². The van der Waals surface area contributed by atoms with Gasteiger partial charge in [-0.2, -0.15) is 10.4 Å². The molecule has 0 radical (unpaired) electrons. The first-order valence-electron chi connectivity index (χ1n) is 4.29. The van der Waals surface area contributed by atoms with Crippen molar-refractivity contribution in [1.82, 2.24) is 4.81 Å². The molecule has 0 heterocycles. The summed E-state index contributed by atoms with van der Waals surface area (Å²) in [5.74, 6) is 0.394. The second-order valence-electron chi connectivity index (χ2n) is 2.98. The Bertz CT molecular complexity index is 326. The second kappa shape index (κ2) is 3.83. The number of nitrogens with zero attached hydrogens (tertiary/aromatic N) is 1. The smallest absolute Gasteiger partial charge is 0.243 e. The van der Waals surface area contributed by atoms with Gasteiger partial charge in [-0.3, -0.25) is 0 Å². The fraction of sp³-hybridized carbons (Fsp3) is 0.333. The summed E-state index contributed by atoms with van der Waals surface area (Å²) in [4.78, 5) is -1.23. The highest BCUT2D eigenvalue weighted by Gasteiger charge is 2.29. The van der Waals surface area contributed by atoms with Gasteiger partial charge < -0.3 is 10.5 Å². The summed E-state index contributed by atoms with van der Waals surface area (Å²) in [5, 5.41) is 19.2. The zero-order chi connectivity index (χ0) is 10.8. The number of hydrogen-bond acceptors (Lipinski definition) is 4. The summed E-state index contributed by atoms with van der Waals surface area (Å²) in [6.07, 6.45) is 0. The lowest BCUT2D eigenvalue weighted by Gasteiger charge is -2.20. The van der Waals surface area contributed by atoms with Crippen LogP contribution in [0.25, 0.3) is 0 Å². The molecular weight excluding hydrogens is 184 g/mol. The standard InChI is InChI=1S/C9H15N2O3/c1-3-11(12,13)8-6-7(10)4-5-9(8)14-2/h4-6,12-13H,3,10H2,1-2H3/q+1. The molecule has 0 saturated heterocycles. The Morgan fingerprint density at radius 1 is 1.43 bits per heavy atom. The van der Waals surface area contributed by atoms with Crippen molar-refractivity contribution in [2.75, 3.05) is 19.4 Å². The van der Waals surface area contributed by atoms with E-state index in [0.717, 1.165) is 0 Å². The van der Waals surface area contributed by atoms with Crippen molar-refractivity contribution in [3.63, 3.8) is 0 Å². The molecule has 4 N–H and O–H groups in total. The lowest BCUT2D eigenvalue weighted by Crippen LogP contribution is -2.42. The fourth-order valence-corrected chi connectivity index (χ4v) is 1.16. The molecule has 1 rings (SSSR count). The van der Waals surface area contributed by atoms with Crippen molar-refractivity contribution in [3.8, 4) is 5.75 Å². The number of anilines is 1. The molecule has 1 aromatic carbocycles. The van der Waals surface area contributed by atoms with Gasteiger partial charge in [-0.25, -0.2) is 0 Å². The average Bonchev–Trinajstić information content (AvgIpc) is 2.18. The molecule has 5 heteroatoms. The van der Waals surface area contributed by atoms with Gasteiger partial charge in [0.25, 0.3) is 0 Å². The maximum atomic E-state index is 9.59. The molecule has 5 nitrogen and oxygen atoms in total. The first-order chi connectivity index (χ1) is 6.51. The Morgan fingerprint density at radius 3 is 2.57 bits per heavy atom. The summed E-state index contributed by atoms with van der Waals surface area (Å²) >= 11 is 0. The predicted molar refractivity (Wildman–Crippen MR) is 53.3 cm³/mol. The Kier molecular flexibility index (Phi) is 2.95. The zero-order valence-electron chi connectivity index (χ0n) is 8.27. The van der Waals surface area contributed by atoms with Crippen molar-refractivity contribution in [1.29, 1.82) is 0 Å². The van der Waals surface area contributed by atoms with Gasteiger partial charge in [-0.1, -0.05) is 0 Å².